The highest BCUT2D eigenvalue weighted by molar-refractivity contribution is 7.15. The van der Waals surface area contributed by atoms with E-state index in [4.69, 9.17) is 4.74 Å². The van der Waals surface area contributed by atoms with Gasteiger partial charge in [-0.25, -0.2) is 0 Å². The van der Waals surface area contributed by atoms with Gasteiger partial charge in [0.05, 0.1) is 24.3 Å². The molecule has 9 heteroatoms. The molecule has 24 heavy (non-hydrogen) atoms. The summed E-state index contributed by atoms with van der Waals surface area (Å²) in [5.41, 5.74) is 0.785. The van der Waals surface area contributed by atoms with Crippen LogP contribution in [0, 0.1) is 6.92 Å². The zero-order valence-corrected chi connectivity index (χ0v) is 13.8. The highest BCUT2D eigenvalue weighted by atomic mass is 32.1. The number of aryl methyl sites for hydroxylation is 1. The Kier molecular flexibility index (Phi) is 4.36. The summed E-state index contributed by atoms with van der Waals surface area (Å²) in [6.07, 6.45) is 0. The molecule has 1 aliphatic rings. The third-order valence-electron chi connectivity index (χ3n) is 3.50. The van der Waals surface area contributed by atoms with Crippen molar-refractivity contribution in [3.8, 4) is 0 Å². The second-order valence-electron chi connectivity index (χ2n) is 5.10. The lowest BCUT2D eigenvalue weighted by Crippen LogP contribution is -2.32. The number of carbonyl (C=O) groups is 3. The van der Waals surface area contributed by atoms with Gasteiger partial charge < -0.3 is 4.74 Å². The SMILES string of the molecule is COCCN1C(=O)c2ccc(C(=O)Nc3nnc(C)s3)cc2C1=O. The number of amides is 3. The van der Waals surface area contributed by atoms with Crippen molar-refractivity contribution in [2.45, 2.75) is 6.92 Å². The van der Waals surface area contributed by atoms with Crippen LogP contribution in [-0.4, -0.2) is 53.1 Å². The summed E-state index contributed by atoms with van der Waals surface area (Å²) in [7, 11) is 1.50. The number of nitrogens with one attached hydrogen (secondary N) is 1. The van der Waals surface area contributed by atoms with Gasteiger partial charge in [0.25, 0.3) is 17.7 Å². The van der Waals surface area contributed by atoms with Gasteiger partial charge in [-0.05, 0) is 25.1 Å². The number of hydrogen-bond donors (Lipinski definition) is 1. The summed E-state index contributed by atoms with van der Waals surface area (Å²) in [6.45, 7) is 2.21. The number of aromatic nitrogens is 2. The van der Waals surface area contributed by atoms with E-state index in [0.29, 0.717) is 10.7 Å². The lowest BCUT2D eigenvalue weighted by atomic mass is 10.1. The Morgan fingerprint density at radius 3 is 2.67 bits per heavy atom. The lowest BCUT2D eigenvalue weighted by Gasteiger charge is -2.12. The van der Waals surface area contributed by atoms with E-state index in [-0.39, 0.29) is 30.2 Å². The van der Waals surface area contributed by atoms with E-state index in [1.54, 1.807) is 6.92 Å². The molecule has 1 aliphatic heterocycles. The Balaban J connectivity index is 1.82. The van der Waals surface area contributed by atoms with Crippen LogP contribution in [0.15, 0.2) is 18.2 Å². The zero-order chi connectivity index (χ0) is 17.3. The third-order valence-corrected chi connectivity index (χ3v) is 4.25. The minimum absolute atomic E-state index is 0.175. The number of methoxy groups -OCH3 is 1. The van der Waals surface area contributed by atoms with Gasteiger partial charge in [-0.15, -0.1) is 10.2 Å². The molecule has 0 radical (unpaired) electrons. The number of fused-ring (bicyclic) bond motifs is 1. The monoisotopic (exact) mass is 346 g/mol. The molecule has 2 aromatic rings. The molecule has 0 saturated carbocycles. The summed E-state index contributed by atoms with van der Waals surface area (Å²) in [4.78, 5) is 37.9. The predicted molar refractivity (Wildman–Crippen MR) is 86.3 cm³/mol. The van der Waals surface area contributed by atoms with Gasteiger partial charge in [0.15, 0.2) is 0 Å². The van der Waals surface area contributed by atoms with Gasteiger partial charge in [0.2, 0.25) is 5.13 Å². The topological polar surface area (TPSA) is 101 Å². The first-order chi connectivity index (χ1) is 11.5. The van der Waals surface area contributed by atoms with E-state index in [1.807, 2.05) is 0 Å². The van der Waals surface area contributed by atoms with Gasteiger partial charge in [-0.1, -0.05) is 11.3 Å². The largest absolute Gasteiger partial charge is 0.383 e. The Hall–Kier alpha value is -2.65. The molecule has 1 aromatic carbocycles. The fraction of sp³-hybridized carbons (Fsp3) is 0.267. The van der Waals surface area contributed by atoms with Crippen molar-refractivity contribution in [3.63, 3.8) is 0 Å². The molecule has 0 unspecified atom stereocenters. The molecule has 3 rings (SSSR count). The van der Waals surface area contributed by atoms with Crippen molar-refractivity contribution in [3.05, 3.63) is 39.9 Å². The van der Waals surface area contributed by atoms with Crippen LogP contribution in [0.1, 0.15) is 36.1 Å². The standard InChI is InChI=1S/C15H14N4O4S/c1-8-17-18-15(24-8)16-12(20)9-3-4-10-11(7-9)14(22)19(13(10)21)5-6-23-2/h3-4,7H,5-6H2,1-2H3,(H,16,18,20). The van der Waals surface area contributed by atoms with E-state index in [1.165, 1.54) is 36.6 Å². The van der Waals surface area contributed by atoms with Crippen LogP contribution in [0.4, 0.5) is 5.13 Å². The summed E-state index contributed by atoms with van der Waals surface area (Å²) >= 11 is 1.25. The number of benzene rings is 1. The van der Waals surface area contributed by atoms with Gasteiger partial charge in [-0.2, -0.15) is 0 Å². The Morgan fingerprint density at radius 1 is 1.25 bits per heavy atom. The molecule has 3 amide bonds. The molecular formula is C15H14N4O4S. The second-order valence-corrected chi connectivity index (χ2v) is 6.28. The average molecular weight is 346 g/mol. The number of nitrogens with zero attached hydrogens (tertiary/aromatic N) is 3. The number of anilines is 1. The first kappa shape index (κ1) is 16.2. The molecule has 2 heterocycles. The summed E-state index contributed by atoms with van der Waals surface area (Å²) in [6, 6.07) is 4.42. The van der Waals surface area contributed by atoms with E-state index in [2.05, 4.69) is 15.5 Å². The minimum atomic E-state index is -0.423. The highest BCUT2D eigenvalue weighted by Crippen LogP contribution is 2.24. The van der Waals surface area contributed by atoms with Crippen LogP contribution in [0.2, 0.25) is 0 Å². The molecule has 0 atom stereocenters. The molecule has 8 nitrogen and oxygen atoms in total. The fourth-order valence-corrected chi connectivity index (χ4v) is 2.92. The van der Waals surface area contributed by atoms with Crippen molar-refractivity contribution in [2.75, 3.05) is 25.6 Å². The number of imide groups is 1. The van der Waals surface area contributed by atoms with Gasteiger partial charge in [0.1, 0.15) is 5.01 Å². The molecule has 0 aliphatic carbocycles. The maximum absolute atomic E-state index is 12.3. The van der Waals surface area contributed by atoms with Gasteiger partial charge in [-0.3, -0.25) is 24.6 Å². The predicted octanol–water partition coefficient (Wildman–Crippen LogP) is 1.34. The first-order valence-corrected chi connectivity index (χ1v) is 7.93. The van der Waals surface area contributed by atoms with Crippen molar-refractivity contribution >= 4 is 34.2 Å². The van der Waals surface area contributed by atoms with Crippen molar-refractivity contribution in [1.29, 1.82) is 0 Å². The fourth-order valence-electron chi connectivity index (χ4n) is 2.33. The van der Waals surface area contributed by atoms with Gasteiger partial charge >= 0.3 is 0 Å². The van der Waals surface area contributed by atoms with Gasteiger partial charge in [0, 0.05) is 12.7 Å². The van der Waals surface area contributed by atoms with E-state index < -0.39 is 11.8 Å². The van der Waals surface area contributed by atoms with E-state index >= 15 is 0 Å². The molecule has 124 valence electrons. The Labute approximate surface area is 141 Å². The Bertz CT molecular complexity index is 833. The van der Waals surface area contributed by atoms with Crippen LogP contribution in [-0.2, 0) is 4.74 Å². The normalized spacial score (nSPS) is 13.3. The number of hydrogen-bond acceptors (Lipinski definition) is 7. The number of rotatable bonds is 5. The maximum Gasteiger partial charge on any atom is 0.261 e. The summed E-state index contributed by atoms with van der Waals surface area (Å²) < 4.78 is 4.91. The summed E-state index contributed by atoms with van der Waals surface area (Å²) in [5.74, 6) is -1.21. The van der Waals surface area contributed by atoms with Crippen molar-refractivity contribution < 1.29 is 19.1 Å². The summed E-state index contributed by atoms with van der Waals surface area (Å²) in [5, 5.41) is 11.4. The molecule has 0 bridgehead atoms. The number of ether oxygens (including phenoxy) is 1. The number of carbonyl (C=O) groups excluding carboxylic acids is 3. The van der Waals surface area contributed by atoms with Crippen LogP contribution in [0.25, 0.3) is 0 Å². The molecule has 1 aromatic heterocycles. The molecule has 0 spiro atoms. The van der Waals surface area contributed by atoms with Crippen molar-refractivity contribution in [2.24, 2.45) is 0 Å². The first-order valence-electron chi connectivity index (χ1n) is 7.12. The van der Waals surface area contributed by atoms with Crippen LogP contribution in [0.5, 0.6) is 0 Å². The molecule has 0 saturated heterocycles. The quantitative estimate of drug-likeness (QED) is 0.820. The second kappa shape index (κ2) is 6.46. The molecule has 0 fully saturated rings. The van der Waals surface area contributed by atoms with E-state index in [0.717, 1.165) is 9.91 Å². The molecule has 1 N–H and O–H groups in total. The average Bonchev–Trinajstić information content (AvgIpc) is 3.08. The minimum Gasteiger partial charge on any atom is -0.383 e. The maximum atomic E-state index is 12.3. The van der Waals surface area contributed by atoms with Crippen LogP contribution >= 0.6 is 11.3 Å². The van der Waals surface area contributed by atoms with Crippen LogP contribution < -0.4 is 5.32 Å². The highest BCUT2D eigenvalue weighted by Gasteiger charge is 2.35. The smallest absolute Gasteiger partial charge is 0.261 e. The Morgan fingerprint density at radius 2 is 2.00 bits per heavy atom. The zero-order valence-electron chi connectivity index (χ0n) is 13.0. The third kappa shape index (κ3) is 2.91. The van der Waals surface area contributed by atoms with Crippen LogP contribution in [0.3, 0.4) is 0 Å². The lowest BCUT2D eigenvalue weighted by molar-refractivity contribution is 0.0603. The van der Waals surface area contributed by atoms with E-state index in [9.17, 15) is 14.4 Å². The van der Waals surface area contributed by atoms with Crippen molar-refractivity contribution in [1.82, 2.24) is 15.1 Å². The molecular weight excluding hydrogens is 332 g/mol.